The number of amides is 2. The fraction of sp³-hybridized carbons (Fsp3) is 0.783. The second-order valence-electron chi connectivity index (χ2n) is 11.2. The maximum atomic E-state index is 14.3. The number of thioether (sulfide) groups is 2. The molecule has 8 aliphatic carbocycles. The molecule has 0 aromatic carbocycles. The van der Waals surface area contributed by atoms with Crippen molar-refractivity contribution in [3.8, 4) is 0 Å². The van der Waals surface area contributed by atoms with Crippen molar-refractivity contribution in [3.63, 3.8) is 0 Å². The van der Waals surface area contributed by atoms with Crippen LogP contribution in [0.25, 0.3) is 0 Å². The highest BCUT2D eigenvalue weighted by Gasteiger charge is 3.03. The standard InChI is InChI=1S/C23H23NO3S2/c1-24-19(26)13-10-3-4-11(14(13)20(24)27)22-17-9-7-8-12(18(25)21(10,22)16(8)17)15(9)23(22)28-5-2-6-29-23/h3-4,8-17H,2,5-7H2,1H3/t8-,9+,10+,11-,12-,13-,14+,15-,16+,17-,21+,22+/m1/s1. The van der Waals surface area contributed by atoms with E-state index >= 15 is 0 Å². The van der Waals surface area contributed by atoms with Crippen LogP contribution in [0.15, 0.2) is 12.2 Å². The first-order valence-corrected chi connectivity index (χ1v) is 13.3. The quantitative estimate of drug-likeness (QED) is 0.440. The maximum Gasteiger partial charge on any atom is 0.233 e. The largest absolute Gasteiger partial charge is 0.299 e. The number of imide groups is 1. The van der Waals surface area contributed by atoms with Crippen molar-refractivity contribution >= 4 is 41.1 Å². The zero-order valence-electron chi connectivity index (χ0n) is 16.2. The van der Waals surface area contributed by atoms with E-state index in [0.29, 0.717) is 35.4 Å². The van der Waals surface area contributed by atoms with Crippen LogP contribution in [0.2, 0.25) is 0 Å². The van der Waals surface area contributed by atoms with Gasteiger partial charge in [-0.2, -0.15) is 0 Å². The van der Waals surface area contributed by atoms with Crippen molar-refractivity contribution < 1.29 is 14.4 Å². The van der Waals surface area contributed by atoms with Gasteiger partial charge in [0, 0.05) is 29.7 Å². The van der Waals surface area contributed by atoms with Crippen molar-refractivity contribution in [2.75, 3.05) is 18.6 Å². The summed E-state index contributed by atoms with van der Waals surface area (Å²) in [5, 5.41) is 0. The van der Waals surface area contributed by atoms with Gasteiger partial charge in [0.15, 0.2) is 0 Å². The Balaban J connectivity index is 1.40. The lowest BCUT2D eigenvalue weighted by atomic mass is 9.26. The second kappa shape index (κ2) is 4.15. The van der Waals surface area contributed by atoms with Crippen LogP contribution in [-0.4, -0.2) is 45.1 Å². The molecule has 10 rings (SSSR count). The Bertz CT molecular complexity index is 1020. The minimum atomic E-state index is -0.326. The predicted octanol–water partition coefficient (Wildman–Crippen LogP) is 2.30. The lowest BCUT2D eigenvalue weighted by Crippen LogP contribution is -2.82. The Morgan fingerprint density at radius 2 is 1.59 bits per heavy atom. The summed E-state index contributed by atoms with van der Waals surface area (Å²) in [6.45, 7) is 0. The molecule has 0 unspecified atom stereocenters. The molecule has 4 bridgehead atoms. The number of fused-ring (bicyclic) bond motifs is 2. The van der Waals surface area contributed by atoms with Gasteiger partial charge in [-0.15, -0.1) is 23.5 Å². The zero-order chi connectivity index (χ0) is 19.2. The molecule has 8 fully saturated rings. The lowest BCUT2D eigenvalue weighted by molar-refractivity contribution is -0.261. The summed E-state index contributed by atoms with van der Waals surface area (Å²) < 4.78 is 0.115. The lowest BCUT2D eigenvalue weighted by Gasteiger charge is -2.79. The predicted molar refractivity (Wildman–Crippen MR) is 109 cm³/mol. The van der Waals surface area contributed by atoms with Gasteiger partial charge in [0.25, 0.3) is 0 Å². The van der Waals surface area contributed by atoms with Crippen molar-refractivity contribution in [1.82, 2.24) is 4.90 Å². The van der Waals surface area contributed by atoms with Gasteiger partial charge in [-0.05, 0) is 59.9 Å². The molecule has 0 aromatic rings. The SMILES string of the molecule is CN1C(=O)[C@@H]2[C@H](C1=O)[C@@H]1C=C[C@H]2[C@]23[C@@H]4[C@H]5C[C@@H]6[C@@H](C(=O)[C@@]12[C@@H]64)[C@@H]5C31SCCCS1. The van der Waals surface area contributed by atoms with Crippen molar-refractivity contribution in [3.05, 3.63) is 12.2 Å². The third-order valence-corrected chi connectivity index (χ3v) is 15.3. The number of carbonyl (C=O) groups excluding carboxylic acids is 3. The average Bonchev–Trinajstić information content (AvgIpc) is 3.35. The first-order valence-electron chi connectivity index (χ1n) is 11.4. The summed E-state index contributed by atoms with van der Waals surface area (Å²) in [6, 6.07) is 0. The third kappa shape index (κ3) is 1.06. The molecule has 0 radical (unpaired) electrons. The summed E-state index contributed by atoms with van der Waals surface area (Å²) in [5.41, 5.74) is -0.385. The number of allylic oxidation sites excluding steroid dienone is 2. The number of nitrogens with zero attached hydrogens (tertiary/aromatic N) is 1. The highest BCUT2D eigenvalue weighted by molar-refractivity contribution is 8.18. The summed E-state index contributed by atoms with van der Waals surface area (Å²) in [5.74, 6) is 5.73. The number of carbonyl (C=O) groups is 3. The van der Waals surface area contributed by atoms with E-state index in [2.05, 4.69) is 35.7 Å². The van der Waals surface area contributed by atoms with Crippen LogP contribution in [0.3, 0.4) is 0 Å². The molecule has 2 heterocycles. The van der Waals surface area contributed by atoms with Crippen LogP contribution in [0.1, 0.15) is 12.8 Å². The van der Waals surface area contributed by atoms with E-state index in [1.807, 2.05) is 0 Å². The van der Waals surface area contributed by atoms with Crippen molar-refractivity contribution in [2.24, 2.45) is 70.0 Å². The number of ketones is 1. The highest BCUT2D eigenvalue weighted by Crippen LogP contribution is 3.01. The molecule has 6 heteroatoms. The van der Waals surface area contributed by atoms with E-state index in [4.69, 9.17) is 0 Å². The van der Waals surface area contributed by atoms with Gasteiger partial charge < -0.3 is 0 Å². The molecule has 6 saturated carbocycles. The van der Waals surface area contributed by atoms with E-state index in [-0.39, 0.29) is 56.3 Å². The van der Waals surface area contributed by atoms with Crippen LogP contribution in [0, 0.1) is 70.0 Å². The maximum absolute atomic E-state index is 14.3. The molecule has 0 N–H and O–H groups in total. The van der Waals surface area contributed by atoms with Crippen LogP contribution in [-0.2, 0) is 14.4 Å². The van der Waals surface area contributed by atoms with Gasteiger partial charge in [0.2, 0.25) is 11.8 Å². The van der Waals surface area contributed by atoms with Crippen LogP contribution >= 0.6 is 23.5 Å². The highest BCUT2D eigenvalue weighted by atomic mass is 32.2. The van der Waals surface area contributed by atoms with Crippen LogP contribution in [0.4, 0.5) is 0 Å². The first kappa shape index (κ1) is 16.0. The third-order valence-electron chi connectivity index (χ3n) is 11.5. The number of likely N-dealkylation sites (tertiary alicyclic amines) is 1. The molecular weight excluding hydrogens is 402 g/mol. The van der Waals surface area contributed by atoms with E-state index < -0.39 is 0 Å². The van der Waals surface area contributed by atoms with Crippen LogP contribution < -0.4 is 0 Å². The monoisotopic (exact) mass is 425 g/mol. The Labute approximate surface area is 178 Å². The minimum Gasteiger partial charge on any atom is -0.299 e. The van der Waals surface area contributed by atoms with Gasteiger partial charge in [-0.3, -0.25) is 19.3 Å². The van der Waals surface area contributed by atoms with E-state index in [1.54, 1.807) is 7.05 Å². The summed E-state index contributed by atoms with van der Waals surface area (Å²) in [7, 11) is 1.67. The number of hydrogen-bond donors (Lipinski definition) is 0. The van der Waals surface area contributed by atoms with Crippen LogP contribution in [0.5, 0.6) is 0 Å². The van der Waals surface area contributed by atoms with Gasteiger partial charge >= 0.3 is 0 Å². The molecule has 2 amide bonds. The molecule has 10 aliphatic rings. The molecule has 2 aliphatic heterocycles. The minimum absolute atomic E-state index is 0.0116. The summed E-state index contributed by atoms with van der Waals surface area (Å²) >= 11 is 4.35. The molecule has 12 atom stereocenters. The van der Waals surface area contributed by atoms with Gasteiger partial charge in [-0.25, -0.2) is 0 Å². The molecule has 3 spiro atoms. The number of rotatable bonds is 0. The molecule has 0 aromatic heterocycles. The Kier molecular flexibility index (Phi) is 2.29. The topological polar surface area (TPSA) is 54.5 Å². The zero-order valence-corrected chi connectivity index (χ0v) is 17.9. The van der Waals surface area contributed by atoms with Crippen molar-refractivity contribution in [2.45, 2.75) is 16.9 Å². The second-order valence-corrected chi connectivity index (χ2v) is 14.2. The molecule has 4 nitrogen and oxygen atoms in total. The normalized spacial score (nSPS) is 65.1. The summed E-state index contributed by atoms with van der Waals surface area (Å²) in [4.78, 5) is 42.2. The number of Topliss-reactive ketones (excluding diaryl/α,β-unsaturated/α-hetero) is 1. The molecule has 2 saturated heterocycles. The molecule has 29 heavy (non-hydrogen) atoms. The fourth-order valence-corrected chi connectivity index (χ4v) is 16.4. The molecule has 150 valence electrons. The van der Waals surface area contributed by atoms with E-state index in [9.17, 15) is 14.4 Å². The van der Waals surface area contributed by atoms with Gasteiger partial charge in [0.1, 0.15) is 5.78 Å². The Morgan fingerprint density at radius 1 is 0.897 bits per heavy atom. The van der Waals surface area contributed by atoms with E-state index in [0.717, 1.165) is 0 Å². The smallest absolute Gasteiger partial charge is 0.233 e. The Morgan fingerprint density at radius 3 is 2.34 bits per heavy atom. The summed E-state index contributed by atoms with van der Waals surface area (Å²) in [6.07, 6.45) is 7.07. The molecular formula is C23H23NO3S2. The Hall–Kier alpha value is -0.750. The van der Waals surface area contributed by atoms with Crippen molar-refractivity contribution in [1.29, 1.82) is 0 Å². The van der Waals surface area contributed by atoms with Gasteiger partial charge in [-0.1, -0.05) is 12.2 Å². The van der Waals surface area contributed by atoms with Gasteiger partial charge in [0.05, 0.1) is 15.9 Å². The number of hydrogen-bond acceptors (Lipinski definition) is 5. The average molecular weight is 426 g/mol. The van der Waals surface area contributed by atoms with E-state index in [1.165, 1.54) is 29.2 Å². The fourth-order valence-electron chi connectivity index (χ4n) is 11.8. The first-order chi connectivity index (χ1) is 14.0.